The number of phenols is 2. The number of carboxylic acid groups (broad SMARTS) is 2. The van der Waals surface area contributed by atoms with Crippen molar-refractivity contribution in [3.05, 3.63) is 107 Å². The summed E-state index contributed by atoms with van der Waals surface area (Å²) in [5, 5.41) is 38.9. The fourth-order valence-electron chi connectivity index (χ4n) is 3.63. The van der Waals surface area contributed by atoms with E-state index in [1.807, 2.05) is 48.5 Å². The zero-order valence-electron chi connectivity index (χ0n) is 21.0. The molecule has 0 amide bonds. The topological polar surface area (TPSA) is 140 Å². The first-order valence-electron chi connectivity index (χ1n) is 12.0. The highest BCUT2D eigenvalue weighted by Crippen LogP contribution is 2.34. The van der Waals surface area contributed by atoms with Gasteiger partial charge in [0.15, 0.2) is 0 Å². The summed E-state index contributed by atoms with van der Waals surface area (Å²) in [5.74, 6) is -1.55. The SMILES string of the molecule is O=C(O)c1cccc(C=Nc2ccccc2SCCSc2ccccc2N=Cc2cccc(C(=O)O)c2O)c1O. The maximum absolute atomic E-state index is 11.3. The largest absolute Gasteiger partial charge is 0.506 e. The Bertz CT molecular complexity index is 1480. The van der Waals surface area contributed by atoms with Crippen LogP contribution in [0.5, 0.6) is 11.5 Å². The fourth-order valence-corrected chi connectivity index (χ4v) is 5.62. The van der Waals surface area contributed by atoms with E-state index in [2.05, 4.69) is 9.98 Å². The van der Waals surface area contributed by atoms with E-state index in [9.17, 15) is 30.0 Å². The number of hydrogen-bond donors (Lipinski definition) is 4. The third kappa shape index (κ3) is 7.10. The monoisotopic (exact) mass is 572 g/mol. The van der Waals surface area contributed by atoms with Crippen LogP contribution < -0.4 is 0 Å². The van der Waals surface area contributed by atoms with E-state index in [-0.39, 0.29) is 22.6 Å². The van der Waals surface area contributed by atoms with Gasteiger partial charge in [-0.15, -0.1) is 23.5 Å². The summed E-state index contributed by atoms with van der Waals surface area (Å²) < 4.78 is 0. The molecule has 0 aliphatic carbocycles. The molecule has 8 nitrogen and oxygen atoms in total. The van der Waals surface area contributed by atoms with Crippen molar-refractivity contribution in [2.75, 3.05) is 11.5 Å². The minimum atomic E-state index is -1.21. The molecule has 4 N–H and O–H groups in total. The maximum Gasteiger partial charge on any atom is 0.339 e. The van der Waals surface area contributed by atoms with Gasteiger partial charge in [-0.1, -0.05) is 36.4 Å². The molecule has 0 saturated carbocycles. The van der Waals surface area contributed by atoms with Gasteiger partial charge in [-0.2, -0.15) is 0 Å². The van der Waals surface area contributed by atoms with Crippen molar-refractivity contribution >= 4 is 59.3 Å². The van der Waals surface area contributed by atoms with Crippen LogP contribution in [0.15, 0.2) is 105 Å². The van der Waals surface area contributed by atoms with E-state index in [0.29, 0.717) is 22.5 Å². The van der Waals surface area contributed by atoms with E-state index in [0.717, 1.165) is 21.3 Å². The minimum absolute atomic E-state index is 0.182. The van der Waals surface area contributed by atoms with Gasteiger partial charge in [-0.05, 0) is 48.5 Å². The molecule has 0 fully saturated rings. The molecular formula is C30H24N2O6S2. The zero-order chi connectivity index (χ0) is 28.5. The Kier molecular flexibility index (Phi) is 9.61. The summed E-state index contributed by atoms with van der Waals surface area (Å²) in [6.07, 6.45) is 2.90. The van der Waals surface area contributed by atoms with Crippen LogP contribution in [-0.4, -0.2) is 56.3 Å². The molecular weight excluding hydrogens is 548 g/mol. The predicted molar refractivity (Wildman–Crippen MR) is 159 cm³/mol. The van der Waals surface area contributed by atoms with Crippen molar-refractivity contribution in [3.63, 3.8) is 0 Å². The lowest BCUT2D eigenvalue weighted by Gasteiger charge is -2.08. The molecule has 0 saturated heterocycles. The summed E-state index contributed by atoms with van der Waals surface area (Å²) in [6.45, 7) is 0. The number of thioether (sulfide) groups is 2. The quantitative estimate of drug-likeness (QED) is 0.0866. The van der Waals surface area contributed by atoms with Gasteiger partial charge in [0.2, 0.25) is 0 Å². The van der Waals surface area contributed by atoms with Gasteiger partial charge in [0.25, 0.3) is 0 Å². The second kappa shape index (κ2) is 13.5. The molecule has 4 aromatic carbocycles. The number of rotatable bonds is 11. The van der Waals surface area contributed by atoms with Gasteiger partial charge >= 0.3 is 11.9 Å². The summed E-state index contributed by atoms with van der Waals surface area (Å²) in [6, 6.07) is 24.1. The van der Waals surface area contributed by atoms with Crippen LogP contribution in [0.2, 0.25) is 0 Å². The van der Waals surface area contributed by atoms with Crippen LogP contribution >= 0.6 is 23.5 Å². The lowest BCUT2D eigenvalue weighted by Crippen LogP contribution is -1.98. The number of nitrogens with zero attached hydrogens (tertiary/aromatic N) is 2. The maximum atomic E-state index is 11.3. The van der Waals surface area contributed by atoms with E-state index in [1.165, 1.54) is 24.6 Å². The van der Waals surface area contributed by atoms with E-state index in [1.54, 1.807) is 47.8 Å². The molecule has 0 aliphatic rings. The number of para-hydroxylation sites is 4. The van der Waals surface area contributed by atoms with Crippen molar-refractivity contribution < 1.29 is 30.0 Å². The average Bonchev–Trinajstić information content (AvgIpc) is 2.95. The lowest BCUT2D eigenvalue weighted by atomic mass is 10.1. The van der Waals surface area contributed by atoms with E-state index >= 15 is 0 Å². The zero-order valence-corrected chi connectivity index (χ0v) is 22.6. The second-order valence-corrected chi connectivity index (χ2v) is 10.5. The smallest absolute Gasteiger partial charge is 0.339 e. The molecule has 0 aliphatic heterocycles. The van der Waals surface area contributed by atoms with Crippen molar-refractivity contribution in [2.24, 2.45) is 9.98 Å². The molecule has 0 radical (unpaired) electrons. The molecule has 0 unspecified atom stereocenters. The Balaban J connectivity index is 1.40. The number of aromatic carboxylic acids is 2. The Morgan fingerprint density at radius 1 is 0.600 bits per heavy atom. The Hall–Kier alpha value is -4.54. The normalized spacial score (nSPS) is 11.3. The number of aromatic hydroxyl groups is 2. The van der Waals surface area contributed by atoms with Crippen LogP contribution in [0, 0.1) is 0 Å². The minimum Gasteiger partial charge on any atom is -0.506 e. The molecule has 0 heterocycles. The van der Waals surface area contributed by atoms with Gasteiger partial charge in [0.05, 0.1) is 11.4 Å². The van der Waals surface area contributed by atoms with Crippen LogP contribution in [0.25, 0.3) is 0 Å². The summed E-state index contributed by atoms with van der Waals surface area (Å²) in [7, 11) is 0. The molecule has 0 atom stereocenters. The van der Waals surface area contributed by atoms with Crippen molar-refractivity contribution in [3.8, 4) is 11.5 Å². The molecule has 202 valence electrons. The third-order valence-corrected chi connectivity index (χ3v) is 8.00. The molecule has 4 aromatic rings. The van der Waals surface area contributed by atoms with Crippen molar-refractivity contribution in [1.29, 1.82) is 0 Å². The number of benzene rings is 4. The Labute approximate surface area is 238 Å². The van der Waals surface area contributed by atoms with Gasteiger partial charge in [-0.3, -0.25) is 9.98 Å². The average molecular weight is 573 g/mol. The van der Waals surface area contributed by atoms with Crippen LogP contribution in [0.3, 0.4) is 0 Å². The number of hydrogen-bond acceptors (Lipinski definition) is 8. The molecule has 40 heavy (non-hydrogen) atoms. The molecule has 0 spiro atoms. The van der Waals surface area contributed by atoms with Crippen molar-refractivity contribution in [1.82, 2.24) is 0 Å². The highest BCUT2D eigenvalue weighted by Gasteiger charge is 2.13. The third-order valence-electron chi connectivity index (χ3n) is 5.61. The molecule has 0 bridgehead atoms. The summed E-state index contributed by atoms with van der Waals surface area (Å²) in [4.78, 5) is 33.4. The second-order valence-electron chi connectivity index (χ2n) is 8.25. The Morgan fingerprint density at radius 3 is 1.40 bits per heavy atom. The predicted octanol–water partition coefficient (Wildman–Crippen LogP) is 6.88. The molecule has 4 rings (SSSR count). The fraction of sp³-hybridized carbons (Fsp3) is 0.0667. The van der Waals surface area contributed by atoms with Gasteiger partial charge in [0, 0.05) is 44.9 Å². The lowest BCUT2D eigenvalue weighted by molar-refractivity contribution is 0.0682. The van der Waals surface area contributed by atoms with E-state index < -0.39 is 11.9 Å². The van der Waals surface area contributed by atoms with Crippen molar-refractivity contribution in [2.45, 2.75) is 9.79 Å². The first-order chi connectivity index (χ1) is 19.3. The van der Waals surface area contributed by atoms with Crippen LogP contribution in [0.4, 0.5) is 11.4 Å². The highest BCUT2D eigenvalue weighted by molar-refractivity contribution is 8.03. The van der Waals surface area contributed by atoms with E-state index in [4.69, 9.17) is 0 Å². The number of carboxylic acids is 2. The molecule has 10 heteroatoms. The highest BCUT2D eigenvalue weighted by atomic mass is 32.2. The first kappa shape index (κ1) is 28.5. The van der Waals surface area contributed by atoms with Gasteiger partial charge in [-0.25, -0.2) is 9.59 Å². The number of aliphatic imine (C=N–C) groups is 2. The summed E-state index contributed by atoms with van der Waals surface area (Å²) >= 11 is 3.24. The van der Waals surface area contributed by atoms with Gasteiger partial charge in [0.1, 0.15) is 22.6 Å². The molecule has 0 aromatic heterocycles. The standard InChI is InChI=1S/C30H24N2O6S2/c33-27-19(7-5-9-21(27)29(35)36)17-31-23-11-1-3-13-25(23)39-15-16-40-26-14-4-2-12-24(26)32-18-20-8-6-10-22(28(20)34)30(37)38/h1-14,17-18,33-34H,15-16H2,(H,35,36)(H,37,38). The summed E-state index contributed by atoms with van der Waals surface area (Å²) in [5.41, 5.74) is 1.67. The number of carbonyl (C=O) groups is 2. The van der Waals surface area contributed by atoms with Gasteiger partial charge < -0.3 is 20.4 Å². The van der Waals surface area contributed by atoms with Crippen LogP contribution in [0.1, 0.15) is 31.8 Å². The first-order valence-corrected chi connectivity index (χ1v) is 13.9. The van der Waals surface area contributed by atoms with Crippen LogP contribution in [-0.2, 0) is 0 Å². The Morgan fingerprint density at radius 2 is 1.00 bits per heavy atom.